The van der Waals surface area contributed by atoms with E-state index in [0.717, 1.165) is 24.8 Å². The molecule has 0 radical (unpaired) electrons. The van der Waals surface area contributed by atoms with E-state index in [9.17, 15) is 4.79 Å². The van der Waals surface area contributed by atoms with Crippen LogP contribution in [0.15, 0.2) is 42.0 Å². The molecule has 2 rings (SSSR count). The molecule has 1 aliphatic rings. The Balaban J connectivity index is 2.11. The Kier molecular flexibility index (Phi) is 3.78. The Morgan fingerprint density at radius 3 is 2.59 bits per heavy atom. The first-order valence-electron chi connectivity index (χ1n) is 6.45. The number of Topliss-reactive ketones (excluding diaryl/α,β-unsaturated/α-hetero) is 1. The molecular weight excluding hydrogens is 208 g/mol. The van der Waals surface area contributed by atoms with Gasteiger partial charge in [-0.2, -0.15) is 0 Å². The minimum atomic E-state index is 0.235. The van der Waals surface area contributed by atoms with Crippen molar-refractivity contribution in [3.63, 3.8) is 0 Å². The van der Waals surface area contributed by atoms with Crippen molar-refractivity contribution in [3.8, 4) is 0 Å². The van der Waals surface area contributed by atoms with Gasteiger partial charge in [0, 0.05) is 12.3 Å². The average molecular weight is 228 g/mol. The second-order valence-electron chi connectivity index (χ2n) is 5.18. The zero-order valence-corrected chi connectivity index (χ0v) is 10.6. The van der Waals surface area contributed by atoms with E-state index in [1.807, 2.05) is 18.2 Å². The molecule has 0 saturated carbocycles. The summed E-state index contributed by atoms with van der Waals surface area (Å²) >= 11 is 0. The molecule has 1 atom stereocenters. The van der Waals surface area contributed by atoms with Gasteiger partial charge in [-0.15, -0.1) is 0 Å². The highest BCUT2D eigenvalue weighted by Crippen LogP contribution is 2.28. The van der Waals surface area contributed by atoms with Gasteiger partial charge in [0.1, 0.15) is 0 Å². The number of carbonyl (C=O) groups is 1. The number of hydrogen-bond donors (Lipinski definition) is 0. The van der Waals surface area contributed by atoms with E-state index >= 15 is 0 Å². The normalized spacial score (nSPS) is 20.5. The predicted molar refractivity (Wildman–Crippen MR) is 70.8 cm³/mol. The quantitative estimate of drug-likeness (QED) is 0.769. The molecule has 1 nitrogen and oxygen atoms in total. The number of rotatable bonds is 3. The fraction of sp³-hybridized carbons (Fsp3) is 0.438. The van der Waals surface area contributed by atoms with E-state index in [2.05, 4.69) is 32.1 Å². The maximum absolute atomic E-state index is 12.3. The minimum absolute atomic E-state index is 0.235. The SMILES string of the molecule is CC(C)C1CCC=C(Cc2ccccc2)C1=O. The molecule has 0 bridgehead atoms. The van der Waals surface area contributed by atoms with Crippen LogP contribution in [0, 0.1) is 11.8 Å². The third kappa shape index (κ3) is 2.85. The molecule has 1 aromatic carbocycles. The van der Waals surface area contributed by atoms with Crippen LogP contribution in [0.3, 0.4) is 0 Å². The maximum Gasteiger partial charge on any atom is 0.162 e. The molecule has 1 unspecified atom stereocenters. The molecule has 0 N–H and O–H groups in total. The molecule has 0 aromatic heterocycles. The van der Waals surface area contributed by atoms with Crippen molar-refractivity contribution in [1.82, 2.24) is 0 Å². The van der Waals surface area contributed by atoms with Crippen molar-refractivity contribution < 1.29 is 4.79 Å². The molecule has 0 fully saturated rings. The van der Waals surface area contributed by atoms with E-state index in [4.69, 9.17) is 0 Å². The lowest BCUT2D eigenvalue weighted by Gasteiger charge is -2.24. The Bertz CT molecular complexity index is 414. The Hall–Kier alpha value is -1.37. The lowest BCUT2D eigenvalue weighted by Crippen LogP contribution is -2.25. The fourth-order valence-electron chi connectivity index (χ4n) is 2.52. The van der Waals surface area contributed by atoms with Crippen LogP contribution in [0.5, 0.6) is 0 Å². The van der Waals surface area contributed by atoms with Crippen molar-refractivity contribution >= 4 is 5.78 Å². The average Bonchev–Trinajstić information content (AvgIpc) is 2.33. The number of ketones is 1. The molecular formula is C16H20O. The lowest BCUT2D eigenvalue weighted by molar-refractivity contribution is -0.121. The van der Waals surface area contributed by atoms with Crippen LogP contribution in [-0.4, -0.2) is 5.78 Å². The monoisotopic (exact) mass is 228 g/mol. The van der Waals surface area contributed by atoms with Gasteiger partial charge in [0.05, 0.1) is 0 Å². The Labute approximate surface area is 104 Å². The van der Waals surface area contributed by atoms with Crippen LogP contribution in [0.1, 0.15) is 32.3 Å². The highest BCUT2D eigenvalue weighted by atomic mass is 16.1. The molecule has 0 saturated heterocycles. The zero-order valence-electron chi connectivity index (χ0n) is 10.6. The van der Waals surface area contributed by atoms with Gasteiger partial charge in [-0.1, -0.05) is 50.3 Å². The van der Waals surface area contributed by atoms with Crippen LogP contribution >= 0.6 is 0 Å². The second-order valence-corrected chi connectivity index (χ2v) is 5.18. The smallest absolute Gasteiger partial charge is 0.162 e. The first-order valence-corrected chi connectivity index (χ1v) is 6.45. The highest BCUT2D eigenvalue weighted by Gasteiger charge is 2.27. The topological polar surface area (TPSA) is 17.1 Å². The van der Waals surface area contributed by atoms with Crippen molar-refractivity contribution in [3.05, 3.63) is 47.5 Å². The van der Waals surface area contributed by atoms with E-state index in [-0.39, 0.29) is 5.92 Å². The van der Waals surface area contributed by atoms with E-state index in [1.54, 1.807) is 0 Å². The van der Waals surface area contributed by atoms with Crippen LogP contribution in [-0.2, 0) is 11.2 Å². The fourth-order valence-corrected chi connectivity index (χ4v) is 2.52. The van der Waals surface area contributed by atoms with Crippen molar-refractivity contribution in [2.24, 2.45) is 11.8 Å². The van der Waals surface area contributed by atoms with Crippen LogP contribution in [0.25, 0.3) is 0 Å². The predicted octanol–water partition coefficient (Wildman–Crippen LogP) is 3.79. The third-order valence-electron chi connectivity index (χ3n) is 3.56. The lowest BCUT2D eigenvalue weighted by atomic mass is 9.79. The summed E-state index contributed by atoms with van der Waals surface area (Å²) in [7, 11) is 0. The van der Waals surface area contributed by atoms with Gasteiger partial charge in [0.15, 0.2) is 5.78 Å². The minimum Gasteiger partial charge on any atom is -0.294 e. The van der Waals surface area contributed by atoms with Crippen molar-refractivity contribution in [1.29, 1.82) is 0 Å². The summed E-state index contributed by atoms with van der Waals surface area (Å²) in [5.41, 5.74) is 2.25. The highest BCUT2D eigenvalue weighted by molar-refractivity contribution is 5.98. The largest absolute Gasteiger partial charge is 0.294 e. The van der Waals surface area contributed by atoms with Gasteiger partial charge in [0.2, 0.25) is 0 Å². The van der Waals surface area contributed by atoms with Crippen molar-refractivity contribution in [2.45, 2.75) is 33.1 Å². The molecule has 0 spiro atoms. The number of hydrogen-bond acceptors (Lipinski definition) is 1. The first-order chi connectivity index (χ1) is 8.18. The molecule has 0 aliphatic heterocycles. The Morgan fingerprint density at radius 1 is 1.24 bits per heavy atom. The van der Waals surface area contributed by atoms with Crippen LogP contribution in [0.4, 0.5) is 0 Å². The van der Waals surface area contributed by atoms with E-state index < -0.39 is 0 Å². The van der Waals surface area contributed by atoms with Gasteiger partial charge >= 0.3 is 0 Å². The number of allylic oxidation sites excluding steroid dienone is 2. The van der Waals surface area contributed by atoms with Gasteiger partial charge in [-0.25, -0.2) is 0 Å². The molecule has 0 amide bonds. The van der Waals surface area contributed by atoms with Gasteiger partial charge in [0.25, 0.3) is 0 Å². The number of carbonyl (C=O) groups excluding carboxylic acids is 1. The van der Waals surface area contributed by atoms with E-state index in [1.165, 1.54) is 5.56 Å². The standard InChI is InChI=1S/C16H20O/c1-12(2)15-10-6-9-14(16(15)17)11-13-7-4-3-5-8-13/h3-5,7-9,12,15H,6,10-11H2,1-2H3. The van der Waals surface area contributed by atoms with Gasteiger partial charge < -0.3 is 0 Å². The first kappa shape index (κ1) is 12.1. The van der Waals surface area contributed by atoms with Gasteiger partial charge in [-0.3, -0.25) is 4.79 Å². The Morgan fingerprint density at radius 2 is 1.94 bits per heavy atom. The van der Waals surface area contributed by atoms with E-state index in [0.29, 0.717) is 11.7 Å². The van der Waals surface area contributed by atoms with Crippen molar-refractivity contribution in [2.75, 3.05) is 0 Å². The molecule has 17 heavy (non-hydrogen) atoms. The summed E-state index contributed by atoms with van der Waals surface area (Å²) in [5, 5.41) is 0. The summed E-state index contributed by atoms with van der Waals surface area (Å²) in [6, 6.07) is 10.3. The molecule has 1 heteroatoms. The summed E-state index contributed by atoms with van der Waals surface area (Å²) in [4.78, 5) is 12.3. The second kappa shape index (κ2) is 5.31. The summed E-state index contributed by atoms with van der Waals surface area (Å²) in [5.74, 6) is 1.07. The summed E-state index contributed by atoms with van der Waals surface area (Å²) < 4.78 is 0. The molecule has 1 aliphatic carbocycles. The zero-order chi connectivity index (χ0) is 12.3. The summed E-state index contributed by atoms with van der Waals surface area (Å²) in [6.07, 6.45) is 5.00. The van der Waals surface area contributed by atoms with Crippen LogP contribution < -0.4 is 0 Å². The van der Waals surface area contributed by atoms with Gasteiger partial charge in [-0.05, 0) is 29.9 Å². The molecule has 1 aromatic rings. The molecule has 0 heterocycles. The third-order valence-corrected chi connectivity index (χ3v) is 3.56. The number of benzene rings is 1. The van der Waals surface area contributed by atoms with Crippen LogP contribution in [0.2, 0.25) is 0 Å². The molecule has 90 valence electrons. The summed E-state index contributed by atoms with van der Waals surface area (Å²) in [6.45, 7) is 4.29. The maximum atomic E-state index is 12.3.